The van der Waals surface area contributed by atoms with Crippen LogP contribution in [-0.2, 0) is 9.94 Å². The first-order valence-corrected chi connectivity index (χ1v) is 11.7. The van der Waals surface area contributed by atoms with E-state index >= 15 is 0 Å². The van der Waals surface area contributed by atoms with E-state index in [2.05, 4.69) is 60.4 Å². The second kappa shape index (κ2) is 10.4. The lowest BCUT2D eigenvalue weighted by molar-refractivity contribution is 0.471. The molecule has 3 aromatic rings. The molecule has 0 bridgehead atoms. The highest BCUT2D eigenvalue weighted by Crippen LogP contribution is 2.39. The molecule has 0 spiro atoms. The summed E-state index contributed by atoms with van der Waals surface area (Å²) in [5.74, 6) is 0. The van der Waals surface area contributed by atoms with E-state index in [9.17, 15) is 0 Å². The highest BCUT2D eigenvalue weighted by Gasteiger charge is 2.18. The number of hydrogen-bond acceptors (Lipinski definition) is 4. The van der Waals surface area contributed by atoms with Crippen LogP contribution < -0.4 is 10.4 Å². The normalized spacial score (nSPS) is 12.2. The van der Waals surface area contributed by atoms with Crippen molar-refractivity contribution in [2.75, 3.05) is 12.2 Å². The Morgan fingerprint density at radius 3 is 2.17 bits per heavy atom. The van der Waals surface area contributed by atoms with Gasteiger partial charge in [0.2, 0.25) is 0 Å². The van der Waals surface area contributed by atoms with Gasteiger partial charge in [-0.2, -0.15) is 0 Å². The predicted octanol–water partition coefficient (Wildman–Crippen LogP) is 6.56. The van der Waals surface area contributed by atoms with Crippen molar-refractivity contribution < 1.29 is 4.52 Å². The summed E-state index contributed by atoms with van der Waals surface area (Å²) in [7, 11) is 0.667. The maximum absolute atomic E-state index is 6.26. The first-order chi connectivity index (χ1) is 14.2. The molecular formula is C23H32ClN4OP. The van der Waals surface area contributed by atoms with E-state index < -0.39 is 8.30 Å². The van der Waals surface area contributed by atoms with Crippen molar-refractivity contribution in [2.24, 2.45) is 0 Å². The Bertz CT molecular complexity index is 964. The Kier molecular flexibility index (Phi) is 8.42. The Morgan fingerprint density at radius 1 is 1.03 bits per heavy atom. The molecule has 0 fully saturated rings. The maximum Gasteiger partial charge on any atom is 0.163 e. The first kappa shape index (κ1) is 24.3. The molecule has 7 heteroatoms. The number of anilines is 1. The number of halogens is 1. The number of nitrogens with one attached hydrogen (secondary N) is 1. The molecule has 0 aliphatic rings. The van der Waals surface area contributed by atoms with Gasteiger partial charge in [0.1, 0.15) is 0 Å². The van der Waals surface area contributed by atoms with Crippen molar-refractivity contribution >= 4 is 30.9 Å². The summed E-state index contributed by atoms with van der Waals surface area (Å²) in [6, 6.07) is 14.3. The van der Waals surface area contributed by atoms with Crippen LogP contribution in [0.4, 0.5) is 5.69 Å². The molecule has 0 amide bonds. The summed E-state index contributed by atoms with van der Waals surface area (Å²) in [5, 5.41) is 13.7. The van der Waals surface area contributed by atoms with Crippen LogP contribution in [0.3, 0.4) is 0 Å². The highest BCUT2D eigenvalue weighted by atomic mass is 35.5. The third kappa shape index (κ3) is 5.60. The maximum atomic E-state index is 6.26. The highest BCUT2D eigenvalue weighted by molar-refractivity contribution is 7.62. The minimum atomic E-state index is -1.05. The van der Waals surface area contributed by atoms with Gasteiger partial charge in [-0.3, -0.25) is 0 Å². The van der Waals surface area contributed by atoms with Crippen LogP contribution in [0.5, 0.6) is 0 Å². The van der Waals surface area contributed by atoms with Crippen LogP contribution in [0.2, 0.25) is 5.02 Å². The minimum absolute atomic E-state index is 0.119. The Hall–Kier alpha value is -1.94. The minimum Gasteiger partial charge on any atom is -0.339 e. The number of aryl methyl sites for hydroxylation is 1. The molecule has 1 N–H and O–H groups in total. The van der Waals surface area contributed by atoms with Crippen LogP contribution in [-0.4, -0.2) is 22.1 Å². The summed E-state index contributed by atoms with van der Waals surface area (Å²) >= 11 is 6.26. The third-order valence-corrected chi connectivity index (χ3v) is 6.50. The van der Waals surface area contributed by atoms with Crippen molar-refractivity contribution in [2.45, 2.75) is 53.9 Å². The number of benzene rings is 2. The van der Waals surface area contributed by atoms with Crippen molar-refractivity contribution in [1.82, 2.24) is 15.0 Å². The zero-order chi connectivity index (χ0) is 22.5. The molecule has 2 aromatic carbocycles. The second-order valence-electron chi connectivity index (χ2n) is 7.72. The molecule has 0 radical (unpaired) electrons. The molecule has 0 aliphatic carbocycles. The Morgan fingerprint density at radius 2 is 1.67 bits per heavy atom. The van der Waals surface area contributed by atoms with E-state index in [1.54, 1.807) is 11.8 Å². The van der Waals surface area contributed by atoms with E-state index in [0.29, 0.717) is 5.02 Å². The monoisotopic (exact) mass is 446 g/mol. The Labute approximate surface area is 186 Å². The van der Waals surface area contributed by atoms with Gasteiger partial charge in [0.05, 0.1) is 22.8 Å². The number of nitrogens with zero attached hydrogens (tertiary/aromatic N) is 3. The van der Waals surface area contributed by atoms with Crippen molar-refractivity contribution in [3.63, 3.8) is 0 Å². The number of rotatable bonds is 5. The smallest absolute Gasteiger partial charge is 0.163 e. The predicted molar refractivity (Wildman–Crippen MR) is 130 cm³/mol. The van der Waals surface area contributed by atoms with Crippen molar-refractivity contribution in [3.05, 3.63) is 64.4 Å². The molecule has 0 aliphatic heterocycles. The molecule has 1 heterocycles. The lowest BCUT2D eigenvalue weighted by Crippen LogP contribution is -2.14. The summed E-state index contributed by atoms with van der Waals surface area (Å²) in [5.41, 5.74) is 5.02. The molecule has 0 saturated heterocycles. The molecular weight excluding hydrogens is 415 g/mol. The van der Waals surface area contributed by atoms with Gasteiger partial charge in [0.25, 0.3) is 0 Å². The van der Waals surface area contributed by atoms with Crippen LogP contribution in [0.25, 0.3) is 5.69 Å². The molecule has 30 heavy (non-hydrogen) atoms. The zero-order valence-electron chi connectivity index (χ0n) is 19.1. The second-order valence-corrected chi connectivity index (χ2v) is 9.85. The van der Waals surface area contributed by atoms with Crippen LogP contribution in [0, 0.1) is 13.8 Å². The fraction of sp³-hybridized carbons (Fsp3) is 0.391. The lowest BCUT2D eigenvalue weighted by Gasteiger charge is -2.22. The average Bonchev–Trinajstić information content (AvgIpc) is 3.06. The first-order valence-electron chi connectivity index (χ1n) is 10.1. The van der Waals surface area contributed by atoms with Gasteiger partial charge in [-0.1, -0.05) is 75.7 Å². The van der Waals surface area contributed by atoms with E-state index in [-0.39, 0.29) is 5.41 Å². The Balaban J connectivity index is 0.00000155. The summed E-state index contributed by atoms with van der Waals surface area (Å²) in [6.45, 7) is 14.6. The van der Waals surface area contributed by atoms with Gasteiger partial charge in [0.15, 0.2) is 8.30 Å². The van der Waals surface area contributed by atoms with Gasteiger partial charge in [-0.15, -0.1) is 5.10 Å². The van der Waals surface area contributed by atoms with E-state index in [1.807, 2.05) is 45.9 Å². The van der Waals surface area contributed by atoms with Crippen molar-refractivity contribution in [3.8, 4) is 5.69 Å². The molecule has 0 saturated carbocycles. The van der Waals surface area contributed by atoms with Gasteiger partial charge < -0.3 is 9.61 Å². The summed E-state index contributed by atoms with van der Waals surface area (Å²) in [6.07, 6.45) is 0. The van der Waals surface area contributed by atoms with Gasteiger partial charge >= 0.3 is 0 Å². The van der Waals surface area contributed by atoms with Crippen LogP contribution in [0.15, 0.2) is 42.5 Å². The summed E-state index contributed by atoms with van der Waals surface area (Å²) < 4.78 is 7.60. The third-order valence-electron chi connectivity index (χ3n) is 4.69. The molecule has 1 atom stereocenters. The standard InChI is InChI=1S/C21H26ClN4OP.C2H6/c1-14-15(2)26(25-23-14)20-13-17(22)9-12-19(20)24-28(27-6)18-10-7-16(8-11-18)21(3,4)5;1-2/h7-13,24H,1-6H3;1-2H3. The van der Waals surface area contributed by atoms with Crippen LogP contribution >= 0.6 is 19.9 Å². The van der Waals surface area contributed by atoms with Gasteiger partial charge in [-0.05, 0) is 43.0 Å². The SMILES string of the molecule is CC.COP(Nc1ccc(Cl)cc1-n1nnc(C)c1C)c1ccc(C(C)(C)C)cc1. The molecule has 1 aromatic heterocycles. The summed E-state index contributed by atoms with van der Waals surface area (Å²) in [4.78, 5) is 0. The van der Waals surface area contributed by atoms with E-state index in [4.69, 9.17) is 16.1 Å². The van der Waals surface area contributed by atoms with Gasteiger partial charge in [-0.25, -0.2) is 4.68 Å². The van der Waals surface area contributed by atoms with Crippen LogP contribution in [0.1, 0.15) is 51.6 Å². The zero-order valence-corrected chi connectivity index (χ0v) is 20.8. The fourth-order valence-corrected chi connectivity index (χ4v) is 4.26. The number of hydrogen-bond donors (Lipinski definition) is 1. The quantitative estimate of drug-likeness (QED) is 0.451. The molecule has 1 unspecified atom stereocenters. The fourth-order valence-electron chi connectivity index (χ4n) is 2.83. The molecule has 162 valence electrons. The van der Waals surface area contributed by atoms with Gasteiger partial charge in [0, 0.05) is 17.4 Å². The van der Waals surface area contributed by atoms with E-state index in [1.165, 1.54) is 5.56 Å². The molecule has 3 rings (SSSR count). The lowest BCUT2D eigenvalue weighted by atomic mass is 9.87. The molecule has 5 nitrogen and oxygen atoms in total. The number of aromatic nitrogens is 3. The van der Waals surface area contributed by atoms with Crippen molar-refractivity contribution in [1.29, 1.82) is 0 Å². The topological polar surface area (TPSA) is 52.0 Å². The van der Waals surface area contributed by atoms with E-state index in [0.717, 1.165) is 28.1 Å². The average molecular weight is 447 g/mol. The largest absolute Gasteiger partial charge is 0.339 e.